The number of allylic oxidation sites excluding steroid dienone is 1. The van der Waals surface area contributed by atoms with Crippen molar-refractivity contribution < 1.29 is 9.47 Å². The van der Waals surface area contributed by atoms with Crippen LogP contribution in [0.4, 0.5) is 5.69 Å². The van der Waals surface area contributed by atoms with Crippen LogP contribution in [0, 0.1) is 11.3 Å². The lowest BCUT2D eigenvalue weighted by Gasteiger charge is -2.28. The minimum absolute atomic E-state index is 0.141. The van der Waals surface area contributed by atoms with E-state index < -0.39 is 0 Å². The molecule has 0 bridgehead atoms. The summed E-state index contributed by atoms with van der Waals surface area (Å²) < 4.78 is 11.5. The number of benzene rings is 2. The summed E-state index contributed by atoms with van der Waals surface area (Å²) in [6.45, 7) is 2.49. The lowest BCUT2D eigenvalue weighted by molar-refractivity contribution is 0.334. The normalized spacial score (nSPS) is 15.8. The molecule has 0 unspecified atom stereocenters. The molecule has 2 N–H and O–H groups in total. The molecule has 5 heteroatoms. The molecule has 3 rings (SSSR count). The van der Waals surface area contributed by atoms with E-state index >= 15 is 0 Å². The highest BCUT2D eigenvalue weighted by Gasteiger charge is 2.32. The molecule has 1 aliphatic heterocycles. The SMILES string of the molecule is CCOc1ccccc1[C@H]1C(C#N)=C(N)Oc2cc(N(C)C)ccc21. The Kier molecular flexibility index (Phi) is 4.53. The van der Waals surface area contributed by atoms with Gasteiger partial charge in [0.25, 0.3) is 0 Å². The van der Waals surface area contributed by atoms with Gasteiger partial charge in [0.15, 0.2) is 0 Å². The first-order chi connectivity index (χ1) is 12.1. The number of nitrogens with zero attached hydrogens (tertiary/aromatic N) is 2. The van der Waals surface area contributed by atoms with Crippen LogP contribution in [0.2, 0.25) is 0 Å². The Hall–Kier alpha value is -3.13. The number of para-hydroxylation sites is 1. The van der Waals surface area contributed by atoms with Crippen LogP contribution < -0.4 is 20.1 Å². The first kappa shape index (κ1) is 16.7. The number of anilines is 1. The van der Waals surface area contributed by atoms with Crippen LogP contribution in [-0.2, 0) is 0 Å². The fourth-order valence-corrected chi connectivity index (χ4v) is 3.05. The van der Waals surface area contributed by atoms with Crippen molar-refractivity contribution in [2.75, 3.05) is 25.6 Å². The van der Waals surface area contributed by atoms with Crippen molar-refractivity contribution in [1.29, 1.82) is 5.26 Å². The maximum absolute atomic E-state index is 9.67. The van der Waals surface area contributed by atoms with Crippen molar-refractivity contribution in [2.45, 2.75) is 12.8 Å². The average Bonchev–Trinajstić information content (AvgIpc) is 2.61. The Morgan fingerprint density at radius 3 is 2.64 bits per heavy atom. The fraction of sp³-hybridized carbons (Fsp3) is 0.250. The maximum Gasteiger partial charge on any atom is 0.205 e. The zero-order chi connectivity index (χ0) is 18.0. The molecule has 128 valence electrons. The molecule has 1 atom stereocenters. The predicted octanol–water partition coefficient (Wildman–Crippen LogP) is 3.37. The van der Waals surface area contributed by atoms with E-state index in [1.165, 1.54) is 0 Å². The summed E-state index contributed by atoms with van der Waals surface area (Å²) in [5, 5.41) is 9.67. The number of rotatable bonds is 4. The largest absolute Gasteiger partial charge is 0.494 e. The number of ether oxygens (including phenoxy) is 2. The number of nitriles is 1. The van der Waals surface area contributed by atoms with Gasteiger partial charge in [-0.2, -0.15) is 5.26 Å². The highest BCUT2D eigenvalue weighted by atomic mass is 16.5. The molecule has 0 saturated carbocycles. The van der Waals surface area contributed by atoms with E-state index in [9.17, 15) is 5.26 Å². The molecule has 2 aromatic carbocycles. The number of hydrogen-bond donors (Lipinski definition) is 1. The first-order valence-corrected chi connectivity index (χ1v) is 8.17. The monoisotopic (exact) mass is 335 g/mol. The van der Waals surface area contributed by atoms with Crippen LogP contribution in [0.5, 0.6) is 11.5 Å². The van der Waals surface area contributed by atoms with Gasteiger partial charge in [0, 0.05) is 37.0 Å². The van der Waals surface area contributed by atoms with E-state index in [4.69, 9.17) is 15.2 Å². The molecule has 0 fully saturated rings. The molecule has 1 heterocycles. The zero-order valence-corrected chi connectivity index (χ0v) is 14.6. The minimum Gasteiger partial charge on any atom is -0.494 e. The topological polar surface area (TPSA) is 71.5 Å². The molecule has 0 radical (unpaired) electrons. The summed E-state index contributed by atoms with van der Waals surface area (Å²) in [5.41, 5.74) is 9.28. The van der Waals surface area contributed by atoms with Gasteiger partial charge in [-0.1, -0.05) is 24.3 Å². The summed E-state index contributed by atoms with van der Waals surface area (Å²) in [6, 6.07) is 15.9. The molecule has 5 nitrogen and oxygen atoms in total. The van der Waals surface area contributed by atoms with Crippen molar-refractivity contribution in [3.05, 3.63) is 65.0 Å². The van der Waals surface area contributed by atoms with E-state index in [2.05, 4.69) is 6.07 Å². The summed E-state index contributed by atoms with van der Waals surface area (Å²) in [6.07, 6.45) is 0. The third-order valence-electron chi connectivity index (χ3n) is 4.25. The molecular formula is C20H21N3O2. The Morgan fingerprint density at radius 2 is 1.96 bits per heavy atom. The van der Waals surface area contributed by atoms with Gasteiger partial charge in [-0.3, -0.25) is 0 Å². The van der Waals surface area contributed by atoms with Crippen molar-refractivity contribution in [2.24, 2.45) is 5.73 Å². The second-order valence-electron chi connectivity index (χ2n) is 6.01. The van der Waals surface area contributed by atoms with Crippen LogP contribution in [0.15, 0.2) is 53.9 Å². The molecule has 0 aromatic heterocycles. The number of fused-ring (bicyclic) bond motifs is 1. The third kappa shape index (κ3) is 2.99. The highest BCUT2D eigenvalue weighted by molar-refractivity contribution is 5.62. The summed E-state index contributed by atoms with van der Waals surface area (Å²) >= 11 is 0. The van der Waals surface area contributed by atoms with E-state index in [-0.39, 0.29) is 11.8 Å². The molecular weight excluding hydrogens is 314 g/mol. The van der Waals surface area contributed by atoms with Crippen molar-refractivity contribution >= 4 is 5.69 Å². The summed E-state index contributed by atoms with van der Waals surface area (Å²) in [5.74, 6) is 1.24. The molecule has 0 amide bonds. The van der Waals surface area contributed by atoms with Gasteiger partial charge in [0.2, 0.25) is 5.88 Å². The molecule has 1 aliphatic rings. The van der Waals surface area contributed by atoms with Gasteiger partial charge in [-0.25, -0.2) is 0 Å². The van der Waals surface area contributed by atoms with Gasteiger partial charge in [0.05, 0.1) is 12.5 Å². The Morgan fingerprint density at radius 1 is 1.20 bits per heavy atom. The Bertz CT molecular complexity index is 865. The quantitative estimate of drug-likeness (QED) is 0.927. The lowest BCUT2D eigenvalue weighted by atomic mass is 9.83. The third-order valence-corrected chi connectivity index (χ3v) is 4.25. The van der Waals surface area contributed by atoms with E-state index in [1.807, 2.05) is 68.4 Å². The number of nitrogens with two attached hydrogens (primary N) is 1. The molecule has 25 heavy (non-hydrogen) atoms. The standard InChI is InChI=1S/C20H21N3O2/c1-4-24-17-8-6-5-7-14(17)19-15-10-9-13(23(2)3)11-18(15)25-20(22)16(19)12-21/h5-11,19H,4,22H2,1-3H3/t19-/m1/s1. The second kappa shape index (κ2) is 6.78. The molecule has 0 saturated heterocycles. The minimum atomic E-state index is -0.312. The van der Waals surface area contributed by atoms with Crippen molar-refractivity contribution in [3.8, 4) is 17.6 Å². The highest BCUT2D eigenvalue weighted by Crippen LogP contribution is 2.45. The van der Waals surface area contributed by atoms with E-state index in [0.29, 0.717) is 17.9 Å². The van der Waals surface area contributed by atoms with Gasteiger partial charge in [0.1, 0.15) is 23.1 Å². The van der Waals surface area contributed by atoms with Crippen LogP contribution in [0.1, 0.15) is 24.0 Å². The predicted molar refractivity (Wildman–Crippen MR) is 97.7 cm³/mol. The van der Waals surface area contributed by atoms with Crippen LogP contribution >= 0.6 is 0 Å². The van der Waals surface area contributed by atoms with Crippen LogP contribution in [0.25, 0.3) is 0 Å². The lowest BCUT2D eigenvalue weighted by Crippen LogP contribution is -2.22. The maximum atomic E-state index is 9.67. The Balaban J connectivity index is 2.20. The van der Waals surface area contributed by atoms with Gasteiger partial charge >= 0.3 is 0 Å². The van der Waals surface area contributed by atoms with Crippen molar-refractivity contribution in [3.63, 3.8) is 0 Å². The Labute approximate surface area is 147 Å². The van der Waals surface area contributed by atoms with Gasteiger partial charge in [-0.15, -0.1) is 0 Å². The number of hydrogen-bond acceptors (Lipinski definition) is 5. The fourth-order valence-electron chi connectivity index (χ4n) is 3.05. The average molecular weight is 335 g/mol. The summed E-state index contributed by atoms with van der Waals surface area (Å²) in [7, 11) is 3.93. The van der Waals surface area contributed by atoms with Gasteiger partial charge in [-0.05, 0) is 19.1 Å². The zero-order valence-electron chi connectivity index (χ0n) is 14.6. The molecule has 2 aromatic rings. The van der Waals surface area contributed by atoms with Gasteiger partial charge < -0.3 is 20.1 Å². The van der Waals surface area contributed by atoms with Crippen molar-refractivity contribution in [1.82, 2.24) is 0 Å². The molecule has 0 spiro atoms. The molecule has 0 aliphatic carbocycles. The second-order valence-corrected chi connectivity index (χ2v) is 6.01. The van der Waals surface area contributed by atoms with Crippen LogP contribution in [0.3, 0.4) is 0 Å². The van der Waals surface area contributed by atoms with E-state index in [1.54, 1.807) is 0 Å². The van der Waals surface area contributed by atoms with E-state index in [0.717, 1.165) is 22.6 Å². The summed E-state index contributed by atoms with van der Waals surface area (Å²) in [4.78, 5) is 1.99. The first-order valence-electron chi connectivity index (χ1n) is 8.17. The van der Waals surface area contributed by atoms with Crippen LogP contribution in [-0.4, -0.2) is 20.7 Å². The smallest absolute Gasteiger partial charge is 0.205 e.